The van der Waals surface area contributed by atoms with E-state index >= 15 is 0 Å². The van der Waals surface area contributed by atoms with Gasteiger partial charge in [-0.25, -0.2) is 0 Å². The summed E-state index contributed by atoms with van der Waals surface area (Å²) in [5.41, 5.74) is 1.24. The molecule has 86 valence electrons. The topological polar surface area (TPSA) is 23.8 Å². The van der Waals surface area contributed by atoms with Crippen molar-refractivity contribution in [1.82, 2.24) is 0 Å². The van der Waals surface area contributed by atoms with Gasteiger partial charge in [0.1, 0.15) is 4.75 Å². The summed E-state index contributed by atoms with van der Waals surface area (Å²) >= 11 is 1.72. The molecule has 17 heavy (non-hydrogen) atoms. The number of allylic oxidation sites excluding steroid dienone is 2. The van der Waals surface area contributed by atoms with Crippen LogP contribution < -0.4 is 0 Å². The van der Waals surface area contributed by atoms with E-state index in [1.54, 1.807) is 11.8 Å². The van der Waals surface area contributed by atoms with Gasteiger partial charge in [-0.05, 0) is 30.6 Å². The lowest BCUT2D eigenvalue weighted by atomic mass is 9.72. The van der Waals surface area contributed by atoms with Crippen LogP contribution in [0.3, 0.4) is 0 Å². The first-order valence-electron chi connectivity index (χ1n) is 5.98. The van der Waals surface area contributed by atoms with Crippen LogP contribution in [0.25, 0.3) is 0 Å². The van der Waals surface area contributed by atoms with Gasteiger partial charge in [0.05, 0.1) is 6.07 Å². The molecule has 0 heterocycles. The highest BCUT2D eigenvalue weighted by atomic mass is 32.2. The maximum Gasteiger partial charge on any atom is 0.116 e. The van der Waals surface area contributed by atoms with Crippen molar-refractivity contribution in [3.05, 3.63) is 48.0 Å². The van der Waals surface area contributed by atoms with E-state index < -0.39 is 0 Å². The molecule has 2 aliphatic carbocycles. The fraction of sp³-hybridized carbons (Fsp3) is 0.400. The van der Waals surface area contributed by atoms with Crippen LogP contribution in [0.5, 0.6) is 0 Å². The molecule has 0 unspecified atom stereocenters. The minimum atomic E-state index is -0.270. The Morgan fingerprint density at radius 3 is 2.65 bits per heavy atom. The summed E-state index contributed by atoms with van der Waals surface area (Å²) in [6, 6.07) is 13.1. The summed E-state index contributed by atoms with van der Waals surface area (Å²) in [5, 5.41) is 9.66. The van der Waals surface area contributed by atoms with Crippen LogP contribution >= 0.6 is 11.8 Å². The average molecular weight is 241 g/mol. The Balaban J connectivity index is 2.18. The molecule has 0 spiro atoms. The average Bonchev–Trinajstić information content (AvgIpc) is 2.96. The van der Waals surface area contributed by atoms with E-state index in [4.69, 9.17) is 0 Å². The van der Waals surface area contributed by atoms with Crippen molar-refractivity contribution in [2.24, 2.45) is 5.92 Å². The van der Waals surface area contributed by atoms with Gasteiger partial charge in [-0.15, -0.1) is 11.8 Å². The third-order valence-electron chi connectivity index (χ3n) is 4.33. The van der Waals surface area contributed by atoms with Gasteiger partial charge in [0.2, 0.25) is 0 Å². The fourth-order valence-corrected chi connectivity index (χ4v) is 4.59. The predicted octanol–water partition coefficient (Wildman–Crippen LogP) is 3.53. The van der Waals surface area contributed by atoms with Crippen molar-refractivity contribution in [3.63, 3.8) is 0 Å². The molecule has 1 nitrogen and oxygen atoms in total. The van der Waals surface area contributed by atoms with E-state index in [0.717, 1.165) is 12.8 Å². The second-order valence-corrected chi connectivity index (χ2v) is 6.11. The molecule has 1 aromatic carbocycles. The molecule has 0 radical (unpaired) electrons. The van der Waals surface area contributed by atoms with E-state index in [9.17, 15) is 5.26 Å². The summed E-state index contributed by atoms with van der Waals surface area (Å²) in [6.07, 6.45) is 8.76. The molecule has 3 atom stereocenters. The molecule has 1 fully saturated rings. The Labute approximate surface area is 107 Å². The molecule has 0 amide bonds. The maximum atomic E-state index is 9.66. The van der Waals surface area contributed by atoms with Gasteiger partial charge in [0, 0.05) is 5.41 Å². The van der Waals surface area contributed by atoms with Crippen LogP contribution in [-0.2, 0) is 5.41 Å². The highest BCUT2D eigenvalue weighted by Gasteiger charge is 2.60. The van der Waals surface area contributed by atoms with Crippen molar-refractivity contribution in [2.45, 2.75) is 23.0 Å². The number of hydrogen-bond acceptors (Lipinski definition) is 2. The van der Waals surface area contributed by atoms with Crippen LogP contribution in [0.2, 0.25) is 0 Å². The zero-order valence-corrected chi connectivity index (χ0v) is 10.7. The van der Waals surface area contributed by atoms with E-state index in [0.29, 0.717) is 5.92 Å². The van der Waals surface area contributed by atoms with E-state index in [2.05, 4.69) is 48.7 Å². The van der Waals surface area contributed by atoms with Gasteiger partial charge in [-0.3, -0.25) is 0 Å². The lowest BCUT2D eigenvalue weighted by molar-refractivity contribution is 0.513. The quantitative estimate of drug-likeness (QED) is 0.740. The summed E-state index contributed by atoms with van der Waals surface area (Å²) in [5.74, 6) is 0.585. The Morgan fingerprint density at radius 2 is 2.06 bits per heavy atom. The Kier molecular flexibility index (Phi) is 2.34. The molecule has 2 aliphatic rings. The monoisotopic (exact) mass is 241 g/mol. The van der Waals surface area contributed by atoms with Crippen molar-refractivity contribution in [2.75, 3.05) is 6.26 Å². The minimum absolute atomic E-state index is 0.0624. The first-order chi connectivity index (χ1) is 8.26. The number of thioether (sulfide) groups is 1. The number of benzene rings is 1. The third kappa shape index (κ3) is 1.26. The van der Waals surface area contributed by atoms with Crippen molar-refractivity contribution in [1.29, 1.82) is 5.26 Å². The number of nitriles is 1. The van der Waals surface area contributed by atoms with Gasteiger partial charge < -0.3 is 0 Å². The van der Waals surface area contributed by atoms with Crippen LogP contribution in [0.4, 0.5) is 0 Å². The van der Waals surface area contributed by atoms with Gasteiger partial charge in [0.25, 0.3) is 0 Å². The van der Waals surface area contributed by atoms with Crippen molar-refractivity contribution >= 4 is 11.8 Å². The first-order valence-corrected chi connectivity index (χ1v) is 7.20. The second kappa shape index (κ2) is 3.65. The Bertz CT molecular complexity index is 501. The van der Waals surface area contributed by atoms with E-state index in [1.807, 2.05) is 6.07 Å². The molecular formula is C15H15NS. The van der Waals surface area contributed by atoms with Crippen LogP contribution in [0.15, 0.2) is 42.5 Å². The lowest BCUT2D eigenvalue weighted by Gasteiger charge is -2.38. The SMILES string of the molecule is CS[C@@]1(C#N)C[C@H]2C=C[C@]1(c1ccccc1)C2. The summed E-state index contributed by atoms with van der Waals surface area (Å²) in [4.78, 5) is 0. The lowest BCUT2D eigenvalue weighted by Crippen LogP contribution is -2.42. The molecular weight excluding hydrogens is 226 g/mol. The van der Waals surface area contributed by atoms with Crippen molar-refractivity contribution < 1.29 is 0 Å². The number of hydrogen-bond donors (Lipinski definition) is 0. The summed E-state index contributed by atoms with van der Waals surface area (Å²) in [7, 11) is 0. The molecule has 2 heteroatoms. The molecule has 0 aliphatic heterocycles. The highest BCUT2D eigenvalue weighted by molar-refractivity contribution is 8.00. The Morgan fingerprint density at radius 1 is 1.29 bits per heavy atom. The summed E-state index contributed by atoms with van der Waals surface area (Å²) < 4.78 is -0.270. The molecule has 3 rings (SSSR count). The van der Waals surface area contributed by atoms with E-state index in [1.165, 1.54) is 5.56 Å². The molecule has 0 N–H and O–H groups in total. The molecule has 2 bridgehead atoms. The molecule has 1 aromatic rings. The smallest absolute Gasteiger partial charge is 0.116 e. The molecule has 1 saturated carbocycles. The fourth-order valence-electron chi connectivity index (χ4n) is 3.48. The standard InChI is InChI=1S/C15H15NS/c1-17-15(11-16)10-12-7-8-14(15,9-12)13-5-3-2-4-6-13/h2-8,12H,9-10H2,1H3/t12-,14+,15+/m0/s1. The molecule has 0 aromatic heterocycles. The third-order valence-corrected chi connectivity index (χ3v) is 5.64. The largest absolute Gasteiger partial charge is 0.197 e. The molecule has 0 saturated heterocycles. The highest BCUT2D eigenvalue weighted by Crippen LogP contribution is 2.61. The van der Waals surface area contributed by atoms with Gasteiger partial charge in [-0.2, -0.15) is 5.26 Å². The minimum Gasteiger partial charge on any atom is -0.197 e. The zero-order valence-electron chi connectivity index (χ0n) is 9.89. The second-order valence-electron chi connectivity index (χ2n) is 5.01. The number of fused-ring (bicyclic) bond motifs is 2. The van der Waals surface area contributed by atoms with Crippen molar-refractivity contribution in [3.8, 4) is 6.07 Å². The van der Waals surface area contributed by atoms with Crippen LogP contribution in [0.1, 0.15) is 18.4 Å². The van der Waals surface area contributed by atoms with Gasteiger partial charge in [-0.1, -0.05) is 42.5 Å². The number of rotatable bonds is 2. The maximum absolute atomic E-state index is 9.66. The summed E-state index contributed by atoms with van der Waals surface area (Å²) in [6.45, 7) is 0. The van der Waals surface area contributed by atoms with Gasteiger partial charge in [0.15, 0.2) is 0 Å². The van der Waals surface area contributed by atoms with Crippen LogP contribution in [0, 0.1) is 17.2 Å². The van der Waals surface area contributed by atoms with Crippen LogP contribution in [-0.4, -0.2) is 11.0 Å². The van der Waals surface area contributed by atoms with Gasteiger partial charge >= 0.3 is 0 Å². The first kappa shape index (κ1) is 10.9. The number of nitrogens with zero attached hydrogens (tertiary/aromatic N) is 1. The predicted molar refractivity (Wildman–Crippen MR) is 71.8 cm³/mol. The normalized spacial score (nSPS) is 38.2. The Hall–Kier alpha value is -1.20. The zero-order chi connectivity index (χ0) is 11.9. The van der Waals surface area contributed by atoms with E-state index in [-0.39, 0.29) is 10.2 Å².